The summed E-state index contributed by atoms with van der Waals surface area (Å²) < 4.78 is 6.31. The van der Waals surface area contributed by atoms with E-state index < -0.39 is 5.92 Å². The summed E-state index contributed by atoms with van der Waals surface area (Å²) in [6, 6.07) is 11.9. The van der Waals surface area contributed by atoms with E-state index in [1.807, 2.05) is 71.9 Å². The van der Waals surface area contributed by atoms with E-state index in [0.29, 0.717) is 18.1 Å². The number of carbonyl (C=O) groups is 1. The van der Waals surface area contributed by atoms with Crippen LogP contribution in [0.5, 0.6) is 0 Å². The van der Waals surface area contributed by atoms with Crippen molar-refractivity contribution < 1.29 is 9.53 Å². The number of halogens is 1. The van der Waals surface area contributed by atoms with E-state index >= 15 is 0 Å². The summed E-state index contributed by atoms with van der Waals surface area (Å²) in [5.41, 5.74) is 5.17. The van der Waals surface area contributed by atoms with Crippen molar-refractivity contribution in [3.8, 4) is 0 Å². The molecule has 1 aliphatic rings. The molecule has 0 spiro atoms. The molecule has 0 bridgehead atoms. The minimum absolute atomic E-state index is 0.246. The topological polar surface area (TPSA) is 58.2 Å². The van der Waals surface area contributed by atoms with E-state index in [4.69, 9.17) is 21.3 Å². The number of aromatic nitrogens is 2. The van der Waals surface area contributed by atoms with Gasteiger partial charge in [0, 0.05) is 28.2 Å². The molecule has 1 atom stereocenters. The Bertz CT molecular complexity index is 1230. The number of aryl methyl sites for hydroxylation is 1. The van der Waals surface area contributed by atoms with Gasteiger partial charge in [0.15, 0.2) is 5.13 Å². The summed E-state index contributed by atoms with van der Waals surface area (Å²) in [5.74, 6) is -0.641. The number of thiazole rings is 1. The molecule has 4 aromatic rings. The molecule has 1 unspecified atom stereocenters. The SMILES string of the molecule is CC.CC.CC.COC(=O)C1CN(c2nc3cccc(C)c3s2)Cc2[nH]c3ccc(Cl)cc3c21. The minimum atomic E-state index is -0.394. The molecule has 2 aromatic carbocycles. The number of fused-ring (bicyclic) bond motifs is 4. The average Bonchev–Trinajstić information content (AvgIpc) is 3.49. The normalized spacial score (nSPS) is 14.1. The largest absolute Gasteiger partial charge is 0.468 e. The van der Waals surface area contributed by atoms with Crippen LogP contribution in [0.1, 0.15) is 64.3 Å². The number of anilines is 1. The van der Waals surface area contributed by atoms with Crippen LogP contribution in [0.3, 0.4) is 0 Å². The van der Waals surface area contributed by atoms with Crippen LogP contribution in [-0.2, 0) is 16.1 Å². The lowest BCUT2D eigenvalue weighted by Gasteiger charge is -2.31. The zero-order chi connectivity index (χ0) is 25.4. The van der Waals surface area contributed by atoms with Gasteiger partial charge in [-0.15, -0.1) is 0 Å². The molecule has 1 N–H and O–H groups in total. The maximum atomic E-state index is 12.6. The highest BCUT2D eigenvalue weighted by Crippen LogP contribution is 2.40. The first-order chi connectivity index (χ1) is 16.5. The number of ether oxygens (including phenoxy) is 1. The molecule has 0 aliphatic carbocycles. The second kappa shape index (κ2) is 12.8. The second-order valence-electron chi connectivity index (χ2n) is 7.08. The van der Waals surface area contributed by atoms with Crippen LogP contribution in [0.15, 0.2) is 36.4 Å². The van der Waals surface area contributed by atoms with Crippen molar-refractivity contribution in [1.82, 2.24) is 9.97 Å². The Morgan fingerprint density at radius 1 is 1.15 bits per heavy atom. The standard InChI is InChI=1S/C21H18ClN3O2S.3C2H6/c1-11-4-3-5-16-19(11)28-21(24-16)25-9-14(20(26)27-2)18-13-8-12(22)6-7-15(13)23-17(18)10-25;3*1-2/h3-8,14,23H,9-10H2,1-2H3;3*1-2H3. The van der Waals surface area contributed by atoms with Gasteiger partial charge in [-0.2, -0.15) is 0 Å². The van der Waals surface area contributed by atoms with Gasteiger partial charge >= 0.3 is 5.97 Å². The highest BCUT2D eigenvalue weighted by atomic mass is 35.5. The molecule has 0 saturated carbocycles. The van der Waals surface area contributed by atoms with Crippen LogP contribution < -0.4 is 4.90 Å². The van der Waals surface area contributed by atoms with Gasteiger partial charge in [0.2, 0.25) is 0 Å². The number of nitrogens with zero attached hydrogens (tertiary/aromatic N) is 2. The van der Waals surface area contributed by atoms with E-state index in [2.05, 4.69) is 22.9 Å². The summed E-state index contributed by atoms with van der Waals surface area (Å²) in [6.45, 7) is 15.3. The lowest BCUT2D eigenvalue weighted by atomic mass is 9.92. The first kappa shape index (κ1) is 27.7. The Labute approximate surface area is 212 Å². The number of hydrogen-bond acceptors (Lipinski definition) is 5. The fraction of sp³-hybridized carbons (Fsp3) is 0.407. The number of H-pyrrole nitrogens is 1. The summed E-state index contributed by atoms with van der Waals surface area (Å²) in [7, 11) is 1.43. The summed E-state index contributed by atoms with van der Waals surface area (Å²) in [6.07, 6.45) is 0. The van der Waals surface area contributed by atoms with Crippen molar-refractivity contribution in [3.05, 3.63) is 58.2 Å². The van der Waals surface area contributed by atoms with Crippen molar-refractivity contribution >= 4 is 55.2 Å². The molecule has 5 rings (SSSR count). The van der Waals surface area contributed by atoms with Crippen LogP contribution in [0, 0.1) is 6.92 Å². The van der Waals surface area contributed by atoms with Gasteiger partial charge < -0.3 is 14.6 Å². The van der Waals surface area contributed by atoms with E-state index in [-0.39, 0.29) is 5.97 Å². The Kier molecular flexibility index (Phi) is 10.4. The predicted molar refractivity (Wildman–Crippen MR) is 148 cm³/mol. The highest BCUT2D eigenvalue weighted by molar-refractivity contribution is 7.22. The fourth-order valence-corrected chi connectivity index (χ4v) is 5.24. The van der Waals surface area contributed by atoms with Gasteiger partial charge in [0.05, 0.1) is 23.9 Å². The van der Waals surface area contributed by atoms with Gasteiger partial charge in [0.25, 0.3) is 0 Å². The summed E-state index contributed by atoms with van der Waals surface area (Å²) in [5, 5.41) is 2.56. The Morgan fingerprint density at radius 3 is 2.50 bits per heavy atom. The zero-order valence-corrected chi connectivity index (χ0v) is 23.0. The van der Waals surface area contributed by atoms with E-state index in [1.54, 1.807) is 11.3 Å². The third-order valence-electron chi connectivity index (χ3n) is 5.34. The molecule has 0 saturated heterocycles. The molecule has 7 heteroatoms. The number of nitrogens with one attached hydrogen (secondary N) is 1. The third kappa shape index (κ3) is 5.39. The van der Waals surface area contributed by atoms with Gasteiger partial charge in [-0.05, 0) is 42.3 Å². The summed E-state index contributed by atoms with van der Waals surface area (Å²) in [4.78, 5) is 23.1. The summed E-state index contributed by atoms with van der Waals surface area (Å²) >= 11 is 7.88. The van der Waals surface area contributed by atoms with Crippen molar-refractivity contribution in [3.63, 3.8) is 0 Å². The van der Waals surface area contributed by atoms with E-state index in [1.165, 1.54) is 17.4 Å². The monoisotopic (exact) mass is 501 g/mol. The van der Waals surface area contributed by atoms with Crippen molar-refractivity contribution in [2.75, 3.05) is 18.6 Å². The Hall–Kier alpha value is -2.57. The lowest BCUT2D eigenvalue weighted by molar-refractivity contribution is -0.142. The average molecular weight is 502 g/mol. The predicted octanol–water partition coefficient (Wildman–Crippen LogP) is 8.09. The van der Waals surface area contributed by atoms with Crippen molar-refractivity contribution in [2.24, 2.45) is 0 Å². The molecule has 2 aromatic heterocycles. The number of rotatable bonds is 2. The van der Waals surface area contributed by atoms with Gasteiger partial charge in [-0.25, -0.2) is 4.98 Å². The van der Waals surface area contributed by atoms with Crippen LogP contribution >= 0.6 is 22.9 Å². The minimum Gasteiger partial charge on any atom is -0.468 e. The number of hydrogen-bond donors (Lipinski definition) is 1. The number of benzene rings is 2. The van der Waals surface area contributed by atoms with E-state index in [9.17, 15) is 4.79 Å². The smallest absolute Gasteiger partial charge is 0.315 e. The number of aromatic amines is 1. The quantitative estimate of drug-likeness (QED) is 0.282. The molecule has 184 valence electrons. The Balaban J connectivity index is 0.000000633. The van der Waals surface area contributed by atoms with Crippen LogP contribution in [0.2, 0.25) is 5.02 Å². The molecular formula is C27H36ClN3O2S. The van der Waals surface area contributed by atoms with Gasteiger partial charge in [0.1, 0.15) is 5.92 Å². The number of carbonyl (C=O) groups excluding carboxylic acids is 1. The van der Waals surface area contributed by atoms with Gasteiger partial charge in [-0.1, -0.05) is 76.6 Å². The van der Waals surface area contributed by atoms with Crippen LogP contribution in [0.25, 0.3) is 21.1 Å². The van der Waals surface area contributed by atoms with Crippen molar-refractivity contribution in [1.29, 1.82) is 0 Å². The molecule has 3 heterocycles. The highest BCUT2D eigenvalue weighted by Gasteiger charge is 2.35. The maximum absolute atomic E-state index is 12.6. The first-order valence-electron chi connectivity index (χ1n) is 12.0. The van der Waals surface area contributed by atoms with Gasteiger partial charge in [-0.3, -0.25) is 4.79 Å². The molecular weight excluding hydrogens is 466 g/mol. The maximum Gasteiger partial charge on any atom is 0.315 e. The van der Waals surface area contributed by atoms with Crippen LogP contribution in [-0.4, -0.2) is 29.6 Å². The van der Waals surface area contributed by atoms with E-state index in [0.717, 1.165) is 32.8 Å². The molecule has 34 heavy (non-hydrogen) atoms. The third-order valence-corrected chi connectivity index (χ3v) is 6.84. The molecule has 1 aliphatic heterocycles. The molecule has 0 fully saturated rings. The Morgan fingerprint density at radius 2 is 1.85 bits per heavy atom. The fourth-order valence-electron chi connectivity index (χ4n) is 4.02. The molecule has 0 amide bonds. The zero-order valence-electron chi connectivity index (χ0n) is 21.5. The molecule has 0 radical (unpaired) electrons. The lowest BCUT2D eigenvalue weighted by Crippen LogP contribution is -2.37. The second-order valence-corrected chi connectivity index (χ2v) is 8.50. The van der Waals surface area contributed by atoms with Crippen LogP contribution in [0.4, 0.5) is 5.13 Å². The number of methoxy groups -OCH3 is 1. The molecule has 5 nitrogen and oxygen atoms in total. The first-order valence-corrected chi connectivity index (χ1v) is 13.2. The number of esters is 1. The van der Waals surface area contributed by atoms with Crippen molar-refractivity contribution in [2.45, 2.75) is 60.9 Å².